The summed E-state index contributed by atoms with van der Waals surface area (Å²) in [5.41, 5.74) is 8.51. The van der Waals surface area contributed by atoms with Crippen LogP contribution in [0.1, 0.15) is 12.5 Å². The van der Waals surface area contributed by atoms with Crippen LogP contribution in [-0.2, 0) is 0 Å². The van der Waals surface area contributed by atoms with Gasteiger partial charge in [-0.2, -0.15) is 5.10 Å². The first-order chi connectivity index (χ1) is 8.27. The summed E-state index contributed by atoms with van der Waals surface area (Å²) in [6.45, 7) is 1.94. The van der Waals surface area contributed by atoms with E-state index >= 15 is 0 Å². The van der Waals surface area contributed by atoms with Crippen LogP contribution in [-0.4, -0.2) is 6.21 Å². The van der Waals surface area contributed by atoms with Crippen LogP contribution < -0.4 is 11.6 Å². The van der Waals surface area contributed by atoms with E-state index in [2.05, 4.69) is 5.10 Å². The first kappa shape index (κ1) is 12.8. The number of hydrogen-bond donors (Lipinski definition) is 2. The van der Waals surface area contributed by atoms with Crippen LogP contribution in [0.4, 0.5) is 5.69 Å². The quantitative estimate of drug-likeness (QED) is 0.273. The second-order valence-electron chi connectivity index (χ2n) is 3.43. The zero-order valence-corrected chi connectivity index (χ0v) is 9.88. The number of anilines is 1. The summed E-state index contributed by atoms with van der Waals surface area (Å²) in [4.78, 5) is 0. The summed E-state index contributed by atoms with van der Waals surface area (Å²) in [7, 11) is 0. The van der Waals surface area contributed by atoms with Crippen molar-refractivity contribution in [1.82, 2.24) is 0 Å². The van der Waals surface area contributed by atoms with E-state index in [0.29, 0.717) is 0 Å². The third-order valence-electron chi connectivity index (χ3n) is 2.14. The van der Waals surface area contributed by atoms with Crippen molar-refractivity contribution in [1.29, 1.82) is 0 Å². The van der Waals surface area contributed by atoms with Crippen LogP contribution in [0, 0.1) is 0 Å². The van der Waals surface area contributed by atoms with Crippen molar-refractivity contribution in [3.63, 3.8) is 0 Å². The summed E-state index contributed by atoms with van der Waals surface area (Å²) in [6.07, 6.45) is 11.2. The zero-order chi connectivity index (χ0) is 12.5. The number of nitrogens with two attached hydrogens (primary N) is 2. The predicted molar refractivity (Wildman–Crippen MR) is 75.5 cm³/mol. The Balaban J connectivity index is 2.84. The average molecular weight is 227 g/mol. The van der Waals surface area contributed by atoms with Gasteiger partial charge in [-0.15, -0.1) is 0 Å². The Hall–Kier alpha value is -2.29. The predicted octanol–water partition coefficient (Wildman–Crippen LogP) is 2.73. The molecule has 0 aliphatic heterocycles. The van der Waals surface area contributed by atoms with Crippen LogP contribution in [0.15, 0.2) is 59.2 Å². The first-order valence-corrected chi connectivity index (χ1v) is 5.36. The fourth-order valence-electron chi connectivity index (χ4n) is 1.35. The van der Waals surface area contributed by atoms with Crippen LogP contribution in [0.5, 0.6) is 0 Å². The van der Waals surface area contributed by atoms with Crippen molar-refractivity contribution < 1.29 is 0 Å². The van der Waals surface area contributed by atoms with Crippen molar-refractivity contribution in [2.45, 2.75) is 6.92 Å². The Morgan fingerprint density at radius 1 is 1.29 bits per heavy atom. The summed E-state index contributed by atoms with van der Waals surface area (Å²) < 4.78 is 0. The molecular weight excluding hydrogens is 210 g/mol. The molecule has 0 aliphatic rings. The van der Waals surface area contributed by atoms with Gasteiger partial charge in [-0.25, -0.2) is 0 Å². The van der Waals surface area contributed by atoms with Crippen LogP contribution in [0.25, 0.3) is 6.08 Å². The highest BCUT2D eigenvalue weighted by Gasteiger charge is 1.90. The minimum atomic E-state index is 0.761. The van der Waals surface area contributed by atoms with Gasteiger partial charge in [0.1, 0.15) is 0 Å². The number of para-hydroxylation sites is 1. The Morgan fingerprint density at radius 3 is 2.71 bits per heavy atom. The van der Waals surface area contributed by atoms with Gasteiger partial charge in [0.25, 0.3) is 0 Å². The fraction of sp³-hybridized carbons (Fsp3) is 0.0714. The Morgan fingerprint density at radius 2 is 2.06 bits per heavy atom. The van der Waals surface area contributed by atoms with Crippen LogP contribution >= 0.6 is 0 Å². The maximum atomic E-state index is 5.82. The van der Waals surface area contributed by atoms with E-state index in [1.54, 1.807) is 6.21 Å². The second-order valence-corrected chi connectivity index (χ2v) is 3.43. The molecule has 0 bridgehead atoms. The average Bonchev–Trinajstić information content (AvgIpc) is 2.32. The fourth-order valence-corrected chi connectivity index (χ4v) is 1.35. The molecule has 0 saturated carbocycles. The van der Waals surface area contributed by atoms with Gasteiger partial charge in [-0.1, -0.05) is 48.6 Å². The smallest absolute Gasteiger partial charge is 0.0537 e. The number of hydrogen-bond acceptors (Lipinski definition) is 3. The molecule has 0 aromatic heterocycles. The van der Waals surface area contributed by atoms with E-state index in [-0.39, 0.29) is 0 Å². The van der Waals surface area contributed by atoms with E-state index in [1.807, 2.05) is 61.6 Å². The lowest BCUT2D eigenvalue weighted by Crippen LogP contribution is -1.87. The first-order valence-electron chi connectivity index (χ1n) is 5.36. The van der Waals surface area contributed by atoms with Gasteiger partial charge >= 0.3 is 0 Å². The molecule has 1 rings (SSSR count). The molecule has 0 amide bonds. The molecule has 0 atom stereocenters. The maximum Gasteiger partial charge on any atom is 0.0537 e. The van der Waals surface area contributed by atoms with Gasteiger partial charge in [0.2, 0.25) is 0 Å². The number of nitrogens with zero attached hydrogens (tertiary/aromatic N) is 1. The largest absolute Gasteiger partial charge is 0.398 e. The minimum Gasteiger partial charge on any atom is -0.398 e. The van der Waals surface area contributed by atoms with Gasteiger partial charge < -0.3 is 11.6 Å². The van der Waals surface area contributed by atoms with Gasteiger partial charge in [0, 0.05) is 5.69 Å². The van der Waals surface area contributed by atoms with Gasteiger partial charge in [0.15, 0.2) is 0 Å². The lowest BCUT2D eigenvalue weighted by atomic mass is 10.1. The molecule has 17 heavy (non-hydrogen) atoms. The molecule has 1 aromatic rings. The Labute approximate surface area is 102 Å². The SMILES string of the molecule is C\C=C/C(/C=N\N)=C\C=C\c1ccccc1N. The molecular formula is C14H17N3. The third kappa shape index (κ3) is 4.38. The van der Waals surface area contributed by atoms with Crippen LogP contribution in [0.2, 0.25) is 0 Å². The van der Waals surface area contributed by atoms with E-state index in [4.69, 9.17) is 11.6 Å². The zero-order valence-electron chi connectivity index (χ0n) is 9.88. The lowest BCUT2D eigenvalue weighted by Gasteiger charge is -1.97. The molecule has 0 unspecified atom stereocenters. The molecule has 0 saturated heterocycles. The van der Waals surface area contributed by atoms with Crippen molar-refractivity contribution in [3.05, 3.63) is 59.7 Å². The third-order valence-corrected chi connectivity index (χ3v) is 2.14. The van der Waals surface area contributed by atoms with Crippen LogP contribution in [0.3, 0.4) is 0 Å². The molecule has 3 nitrogen and oxygen atoms in total. The van der Waals surface area contributed by atoms with Gasteiger partial charge in [0.05, 0.1) is 6.21 Å². The molecule has 0 heterocycles. The highest BCUT2D eigenvalue weighted by Crippen LogP contribution is 2.12. The molecule has 0 fully saturated rings. The Bertz CT molecular complexity index is 454. The van der Waals surface area contributed by atoms with Gasteiger partial charge in [-0.3, -0.25) is 0 Å². The molecule has 0 spiro atoms. The molecule has 1 aromatic carbocycles. The summed E-state index contributed by atoms with van der Waals surface area (Å²) in [6, 6.07) is 7.70. The van der Waals surface area contributed by atoms with E-state index in [0.717, 1.165) is 16.8 Å². The normalized spacial score (nSPS) is 13.1. The van der Waals surface area contributed by atoms with Gasteiger partial charge in [-0.05, 0) is 24.1 Å². The topological polar surface area (TPSA) is 64.4 Å². The van der Waals surface area contributed by atoms with Crippen molar-refractivity contribution in [2.75, 3.05) is 5.73 Å². The van der Waals surface area contributed by atoms with E-state index in [1.165, 1.54) is 0 Å². The van der Waals surface area contributed by atoms with E-state index < -0.39 is 0 Å². The highest BCUT2D eigenvalue weighted by molar-refractivity contribution is 5.82. The highest BCUT2D eigenvalue weighted by atomic mass is 15.1. The molecule has 88 valence electrons. The summed E-state index contributed by atoms with van der Waals surface area (Å²) >= 11 is 0. The van der Waals surface area contributed by atoms with Crippen molar-refractivity contribution in [3.8, 4) is 0 Å². The number of allylic oxidation sites excluding steroid dienone is 5. The molecule has 4 N–H and O–H groups in total. The summed E-state index contributed by atoms with van der Waals surface area (Å²) in [5, 5.41) is 3.49. The summed E-state index contributed by atoms with van der Waals surface area (Å²) in [5.74, 6) is 5.12. The number of nitrogen functional groups attached to an aromatic ring is 1. The Kier molecular flexibility index (Phi) is 5.31. The van der Waals surface area contributed by atoms with Crippen molar-refractivity contribution in [2.24, 2.45) is 10.9 Å². The number of rotatable bonds is 4. The van der Waals surface area contributed by atoms with E-state index in [9.17, 15) is 0 Å². The monoisotopic (exact) mass is 227 g/mol. The second kappa shape index (κ2) is 7.06. The number of hydrazone groups is 1. The molecule has 0 radical (unpaired) electrons. The lowest BCUT2D eigenvalue weighted by molar-refractivity contribution is 1.26. The van der Waals surface area contributed by atoms with Crippen molar-refractivity contribution >= 4 is 18.0 Å². The molecule has 3 heteroatoms. The standard InChI is InChI=1S/C14H17N3/c1-2-6-12(11-17-16)7-5-9-13-8-3-4-10-14(13)15/h2-11H,15-16H2,1H3/b6-2-,9-5+,12-7+,17-11-. The maximum absolute atomic E-state index is 5.82. The molecule has 0 aliphatic carbocycles. The number of benzene rings is 1. The minimum absolute atomic E-state index is 0.761.